The van der Waals surface area contributed by atoms with Crippen LogP contribution in [0.5, 0.6) is 0 Å². The van der Waals surface area contributed by atoms with Crippen molar-refractivity contribution < 1.29 is 4.42 Å². The molecular weight excluding hydrogens is 460 g/mol. The average Bonchev–Trinajstić information content (AvgIpc) is 3.72. The third-order valence-electron chi connectivity index (χ3n) is 9.19. The summed E-state index contributed by atoms with van der Waals surface area (Å²) >= 11 is 6.52. The van der Waals surface area contributed by atoms with Crippen molar-refractivity contribution in [1.82, 2.24) is 0 Å². The molecule has 0 unspecified atom stereocenters. The predicted molar refractivity (Wildman–Crippen MR) is 152 cm³/mol. The number of furan rings is 1. The van der Waals surface area contributed by atoms with Gasteiger partial charge in [0.05, 0.1) is 0 Å². The highest BCUT2D eigenvalue weighted by atomic mass is 35.5. The van der Waals surface area contributed by atoms with Crippen molar-refractivity contribution in [2.24, 2.45) is 5.41 Å². The van der Waals surface area contributed by atoms with E-state index < -0.39 is 0 Å². The van der Waals surface area contributed by atoms with Crippen molar-refractivity contribution in [3.63, 3.8) is 0 Å². The lowest BCUT2D eigenvalue weighted by molar-refractivity contribution is 0.403. The van der Waals surface area contributed by atoms with Crippen LogP contribution in [0, 0.1) is 5.41 Å². The maximum Gasteiger partial charge on any atom is 0.135 e. The van der Waals surface area contributed by atoms with Crippen LogP contribution in [0.25, 0.3) is 49.4 Å². The van der Waals surface area contributed by atoms with E-state index in [1.165, 1.54) is 67.8 Å². The van der Waals surface area contributed by atoms with E-state index in [4.69, 9.17) is 16.0 Å². The third-order valence-corrected chi connectivity index (χ3v) is 9.43. The molecule has 0 bridgehead atoms. The normalized spacial score (nSPS) is 20.3. The maximum atomic E-state index is 6.52. The van der Waals surface area contributed by atoms with Crippen LogP contribution in [0.1, 0.15) is 63.6 Å². The number of fused-ring (bicyclic) bond motifs is 5. The summed E-state index contributed by atoms with van der Waals surface area (Å²) in [6, 6.07) is 22.3. The lowest BCUT2D eigenvalue weighted by atomic mass is 9.82. The highest BCUT2D eigenvalue weighted by Gasteiger charge is 2.54. The Morgan fingerprint density at radius 3 is 2.14 bits per heavy atom. The molecule has 0 saturated heterocycles. The summed E-state index contributed by atoms with van der Waals surface area (Å²) < 4.78 is 6.40. The quantitative estimate of drug-likeness (QED) is 0.241. The van der Waals surface area contributed by atoms with Crippen molar-refractivity contribution >= 4 is 49.9 Å². The van der Waals surface area contributed by atoms with E-state index >= 15 is 0 Å². The van der Waals surface area contributed by atoms with Crippen LogP contribution in [0.15, 0.2) is 71.2 Å². The minimum absolute atomic E-state index is 0.160. The molecule has 178 valence electrons. The van der Waals surface area contributed by atoms with Gasteiger partial charge in [-0.05, 0) is 111 Å². The molecule has 2 heteroatoms. The molecule has 0 atom stereocenters. The van der Waals surface area contributed by atoms with Crippen LogP contribution >= 0.6 is 11.6 Å². The van der Waals surface area contributed by atoms with E-state index in [1.807, 2.05) is 6.07 Å². The molecule has 3 aliphatic carbocycles. The minimum Gasteiger partial charge on any atom is -0.456 e. The highest BCUT2D eigenvalue weighted by Crippen LogP contribution is 2.69. The Morgan fingerprint density at radius 2 is 1.39 bits per heavy atom. The molecule has 4 aromatic carbocycles. The van der Waals surface area contributed by atoms with E-state index in [2.05, 4.69) is 88.4 Å². The topological polar surface area (TPSA) is 13.1 Å². The SMILES string of the molecule is CC1(C)CC(C)(C)c2cc3c(cc21)oc1ccc(-c2ccc(C4=CC45CC5)c4ccc(Cl)cc24)cc13. The van der Waals surface area contributed by atoms with Crippen molar-refractivity contribution in [3.8, 4) is 11.1 Å². The fraction of sp³-hybridized carbons (Fsp3) is 0.294. The van der Waals surface area contributed by atoms with E-state index in [-0.39, 0.29) is 10.8 Å². The van der Waals surface area contributed by atoms with Gasteiger partial charge in [-0.15, -0.1) is 0 Å². The molecule has 36 heavy (non-hydrogen) atoms. The third kappa shape index (κ3) is 2.78. The Bertz CT molecular complexity index is 1820. The molecule has 0 amide bonds. The number of halogens is 1. The first-order chi connectivity index (χ1) is 17.2. The van der Waals surface area contributed by atoms with Gasteiger partial charge in [-0.2, -0.15) is 0 Å². The molecule has 1 nitrogen and oxygen atoms in total. The van der Waals surface area contributed by atoms with Crippen molar-refractivity contribution in [2.45, 2.75) is 57.8 Å². The van der Waals surface area contributed by atoms with Crippen LogP contribution in [-0.4, -0.2) is 0 Å². The summed E-state index contributed by atoms with van der Waals surface area (Å²) in [7, 11) is 0. The molecule has 1 aromatic heterocycles. The van der Waals surface area contributed by atoms with E-state index in [0.717, 1.165) is 22.6 Å². The fourth-order valence-electron chi connectivity index (χ4n) is 7.35. The second-order valence-electron chi connectivity index (χ2n) is 12.7. The Balaban J connectivity index is 1.34. The Kier molecular flexibility index (Phi) is 3.78. The zero-order chi connectivity index (χ0) is 24.6. The Morgan fingerprint density at radius 1 is 0.667 bits per heavy atom. The first kappa shape index (κ1) is 21.1. The summed E-state index contributed by atoms with van der Waals surface area (Å²) in [6.45, 7) is 9.46. The number of hydrogen-bond donors (Lipinski definition) is 0. The van der Waals surface area contributed by atoms with Crippen molar-refractivity contribution in [3.05, 3.63) is 88.5 Å². The van der Waals surface area contributed by atoms with Gasteiger partial charge in [0.25, 0.3) is 0 Å². The standard InChI is InChI=1S/C34H29ClO/c1-32(2)18-33(3,4)28-16-31-26(15-27(28)32)25-13-19(5-10-30(25)36-31)21-8-9-23(29-17-34(29)11-12-34)22-7-6-20(35)14-24(21)22/h5-10,13-17H,11-12,18H2,1-4H3. The molecule has 0 radical (unpaired) electrons. The summed E-state index contributed by atoms with van der Waals surface area (Å²) in [5, 5.41) is 5.70. The number of benzene rings is 4. The van der Waals surface area contributed by atoms with Gasteiger partial charge >= 0.3 is 0 Å². The Labute approximate surface area is 216 Å². The number of allylic oxidation sites excluding steroid dienone is 2. The fourth-order valence-corrected chi connectivity index (χ4v) is 7.52. The minimum atomic E-state index is 0.160. The van der Waals surface area contributed by atoms with Gasteiger partial charge in [-0.3, -0.25) is 0 Å². The predicted octanol–water partition coefficient (Wildman–Crippen LogP) is 10.2. The molecular formula is C34H29ClO. The average molecular weight is 489 g/mol. The van der Waals surface area contributed by atoms with Gasteiger partial charge in [-0.25, -0.2) is 0 Å². The highest BCUT2D eigenvalue weighted by molar-refractivity contribution is 6.31. The van der Waals surface area contributed by atoms with E-state index in [9.17, 15) is 0 Å². The molecule has 8 rings (SSSR count). The second kappa shape index (κ2) is 6.45. The lowest BCUT2D eigenvalue weighted by Gasteiger charge is -2.22. The maximum absolute atomic E-state index is 6.52. The molecule has 5 aromatic rings. The molecule has 0 N–H and O–H groups in total. The van der Waals surface area contributed by atoms with Crippen molar-refractivity contribution in [1.29, 1.82) is 0 Å². The van der Waals surface area contributed by atoms with E-state index in [1.54, 1.807) is 0 Å². The van der Waals surface area contributed by atoms with Gasteiger partial charge in [0.2, 0.25) is 0 Å². The summed E-state index contributed by atoms with van der Waals surface area (Å²) in [6.07, 6.45) is 6.23. The largest absolute Gasteiger partial charge is 0.456 e. The van der Waals surface area contributed by atoms with Crippen LogP contribution < -0.4 is 0 Å². The smallest absolute Gasteiger partial charge is 0.135 e. The zero-order valence-corrected chi connectivity index (χ0v) is 22.0. The Hall–Kier alpha value is -3.03. The van der Waals surface area contributed by atoms with Crippen LogP contribution in [0.3, 0.4) is 0 Å². The van der Waals surface area contributed by atoms with Gasteiger partial charge < -0.3 is 4.42 Å². The summed E-state index contributed by atoms with van der Waals surface area (Å²) in [4.78, 5) is 0. The number of rotatable bonds is 2. The molecule has 1 heterocycles. The first-order valence-electron chi connectivity index (χ1n) is 13.1. The van der Waals surface area contributed by atoms with Gasteiger partial charge in [0.1, 0.15) is 11.2 Å². The molecule has 1 saturated carbocycles. The zero-order valence-electron chi connectivity index (χ0n) is 21.3. The van der Waals surface area contributed by atoms with Crippen LogP contribution in [-0.2, 0) is 10.8 Å². The molecule has 0 aliphatic heterocycles. The van der Waals surface area contributed by atoms with Crippen LogP contribution in [0.2, 0.25) is 5.02 Å². The first-order valence-corrected chi connectivity index (χ1v) is 13.5. The van der Waals surface area contributed by atoms with Gasteiger partial charge in [0.15, 0.2) is 0 Å². The van der Waals surface area contributed by atoms with E-state index in [0.29, 0.717) is 5.41 Å². The number of hydrogen-bond acceptors (Lipinski definition) is 1. The van der Waals surface area contributed by atoms with Gasteiger partial charge in [0, 0.05) is 21.2 Å². The lowest BCUT2D eigenvalue weighted by Crippen LogP contribution is -2.17. The summed E-state index contributed by atoms with van der Waals surface area (Å²) in [5.41, 5.74) is 10.9. The van der Waals surface area contributed by atoms with Crippen LogP contribution in [0.4, 0.5) is 0 Å². The molecule has 1 spiro atoms. The van der Waals surface area contributed by atoms with Gasteiger partial charge in [-0.1, -0.05) is 69.6 Å². The second-order valence-corrected chi connectivity index (χ2v) is 13.2. The monoisotopic (exact) mass is 488 g/mol. The molecule has 3 aliphatic rings. The summed E-state index contributed by atoms with van der Waals surface area (Å²) in [5.74, 6) is 0. The molecule has 1 fully saturated rings. The van der Waals surface area contributed by atoms with Crippen molar-refractivity contribution in [2.75, 3.05) is 0 Å².